The number of ether oxygens (including phenoxy) is 3. The van der Waals surface area contributed by atoms with Crippen LogP contribution >= 0.6 is 0 Å². The first kappa shape index (κ1) is 41.6. The summed E-state index contributed by atoms with van der Waals surface area (Å²) in [5, 5.41) is 3.81. The number of alkyl carbamates (subject to hydrolysis) is 1. The lowest BCUT2D eigenvalue weighted by Crippen LogP contribution is -2.51. The van der Waals surface area contributed by atoms with E-state index >= 15 is 0 Å². The standard InChI is InChI=1S/C46H56N8O7/c1-26(2)32(23-40(55)59-5)44(56)53-16-7-10-36(53)42-48-25-34(50-42)29-12-14-31-38-21-30-20-28(13-15-35(30)52(38)18-9-19-61-39(31)22-29)33-24-47-43(49-33)37-11-8-17-54(37)45(57)41(27(3)4)51-46(58)60-6/h12-15,20-22,24-27,32,36-37,41H,7-11,16-19,23H2,1-6H3,(H,47,49)(H,48,50)(H,51,58)/t32-,36-,37-,41-/m0/s1. The lowest BCUT2D eigenvalue weighted by atomic mass is 9.91. The maximum Gasteiger partial charge on any atom is 0.407 e. The fourth-order valence-electron chi connectivity index (χ4n) is 9.23. The highest BCUT2D eigenvalue weighted by molar-refractivity contribution is 5.92. The second kappa shape index (κ2) is 17.5. The molecule has 15 nitrogen and oxygen atoms in total. The van der Waals surface area contributed by atoms with Crippen molar-refractivity contribution in [3.8, 4) is 39.5 Å². The normalized spacial score (nSPS) is 18.6. The zero-order chi connectivity index (χ0) is 42.9. The molecule has 3 N–H and O–H groups in total. The fourth-order valence-corrected chi connectivity index (χ4v) is 9.23. The van der Waals surface area contributed by atoms with Crippen LogP contribution in [0, 0.1) is 17.8 Å². The Kier molecular flexibility index (Phi) is 11.9. The summed E-state index contributed by atoms with van der Waals surface area (Å²) in [4.78, 5) is 71.9. The molecule has 3 amide bonds. The van der Waals surface area contributed by atoms with Gasteiger partial charge in [-0.1, -0.05) is 39.8 Å². The van der Waals surface area contributed by atoms with E-state index in [0.717, 1.165) is 101 Å². The van der Waals surface area contributed by atoms with Gasteiger partial charge in [0, 0.05) is 47.2 Å². The molecule has 0 spiro atoms. The summed E-state index contributed by atoms with van der Waals surface area (Å²) in [6, 6.07) is 13.8. The van der Waals surface area contributed by atoms with Gasteiger partial charge in [-0.25, -0.2) is 14.8 Å². The molecule has 3 aliphatic rings. The number of fused-ring (bicyclic) bond motifs is 5. The van der Waals surface area contributed by atoms with Gasteiger partial charge in [0.2, 0.25) is 11.8 Å². The van der Waals surface area contributed by atoms with Crippen molar-refractivity contribution in [3.05, 3.63) is 66.5 Å². The predicted octanol–water partition coefficient (Wildman–Crippen LogP) is 7.41. The number of carbonyl (C=O) groups excluding carboxylic acids is 4. The number of amides is 3. The van der Waals surface area contributed by atoms with Crippen molar-refractivity contribution in [1.82, 2.24) is 39.6 Å². The Hall–Kier alpha value is -6.12. The largest absolute Gasteiger partial charge is 0.493 e. The predicted molar refractivity (Wildman–Crippen MR) is 229 cm³/mol. The average Bonchev–Trinajstić information content (AvgIpc) is 4.11. The SMILES string of the molecule is COC(=O)C[C@H](C(=O)N1CCC[C@H]1c1ncc(-c2ccc3c(c2)OCCCn2c-3cc3cc(-c4cnc([C@@H]5CCCN5C(=O)[C@@H](NC(=O)OC)C(C)C)[nH]4)ccc32)[nH]1)C(C)C. The van der Waals surface area contributed by atoms with Crippen LogP contribution in [0.5, 0.6) is 5.75 Å². The number of aromatic amines is 2. The van der Waals surface area contributed by atoms with Crippen molar-refractivity contribution < 1.29 is 33.4 Å². The van der Waals surface area contributed by atoms with Crippen LogP contribution < -0.4 is 10.1 Å². The third-order valence-corrected chi connectivity index (χ3v) is 12.6. The number of imidazole rings is 2. The molecule has 8 rings (SSSR count). The Balaban J connectivity index is 1.02. The number of methoxy groups -OCH3 is 2. The van der Waals surface area contributed by atoms with Crippen LogP contribution in [0.4, 0.5) is 4.79 Å². The maximum absolute atomic E-state index is 13.8. The number of H-pyrrole nitrogens is 2. The molecule has 3 aromatic heterocycles. The van der Waals surface area contributed by atoms with E-state index in [1.54, 1.807) is 0 Å². The second-order valence-electron chi connectivity index (χ2n) is 17.1. The quantitative estimate of drug-likeness (QED) is 0.114. The Morgan fingerprint density at radius 1 is 0.787 bits per heavy atom. The van der Waals surface area contributed by atoms with Crippen molar-refractivity contribution in [2.45, 2.75) is 90.9 Å². The first-order chi connectivity index (χ1) is 29.4. The number of aryl methyl sites for hydroxylation is 1. The summed E-state index contributed by atoms with van der Waals surface area (Å²) in [7, 11) is 2.65. The Morgan fingerprint density at radius 2 is 1.43 bits per heavy atom. The Bertz CT molecular complexity index is 2430. The van der Waals surface area contributed by atoms with Crippen molar-refractivity contribution in [1.29, 1.82) is 0 Å². The molecule has 2 fully saturated rings. The van der Waals surface area contributed by atoms with E-state index < -0.39 is 18.1 Å². The lowest BCUT2D eigenvalue weighted by molar-refractivity contribution is -0.148. The number of carbonyl (C=O) groups is 4. The van der Waals surface area contributed by atoms with Crippen molar-refractivity contribution >= 4 is 34.8 Å². The number of likely N-dealkylation sites (tertiary alicyclic amines) is 2. The van der Waals surface area contributed by atoms with E-state index in [9.17, 15) is 19.2 Å². The van der Waals surface area contributed by atoms with E-state index in [4.69, 9.17) is 24.2 Å². The lowest BCUT2D eigenvalue weighted by Gasteiger charge is -2.30. The molecule has 0 radical (unpaired) electrons. The molecule has 6 heterocycles. The van der Waals surface area contributed by atoms with Crippen LogP contribution in [0.15, 0.2) is 54.9 Å². The second-order valence-corrected chi connectivity index (χ2v) is 17.1. The number of benzene rings is 2. The number of hydrogen-bond donors (Lipinski definition) is 3. The van der Waals surface area contributed by atoms with Gasteiger partial charge in [-0.05, 0) is 74.3 Å². The van der Waals surface area contributed by atoms with E-state index in [-0.39, 0.29) is 48.1 Å². The Labute approximate surface area is 355 Å². The number of aromatic nitrogens is 5. The third-order valence-electron chi connectivity index (χ3n) is 12.6. The summed E-state index contributed by atoms with van der Waals surface area (Å²) in [6.45, 7) is 10.3. The highest BCUT2D eigenvalue weighted by Gasteiger charge is 2.39. The zero-order valence-electron chi connectivity index (χ0n) is 35.8. The summed E-state index contributed by atoms with van der Waals surface area (Å²) in [6.07, 6.45) is 7.19. The summed E-state index contributed by atoms with van der Waals surface area (Å²) >= 11 is 0. The van der Waals surface area contributed by atoms with Gasteiger partial charge in [0.25, 0.3) is 0 Å². The van der Waals surface area contributed by atoms with Crippen molar-refractivity contribution in [2.75, 3.05) is 33.9 Å². The monoisotopic (exact) mass is 832 g/mol. The topological polar surface area (TPSA) is 177 Å². The molecule has 2 aromatic carbocycles. The molecular weight excluding hydrogens is 777 g/mol. The van der Waals surface area contributed by atoms with E-state index in [2.05, 4.69) is 62.3 Å². The van der Waals surface area contributed by atoms with Crippen molar-refractivity contribution in [2.24, 2.45) is 17.8 Å². The van der Waals surface area contributed by atoms with Gasteiger partial charge in [0.1, 0.15) is 23.4 Å². The number of rotatable bonds is 11. The third kappa shape index (κ3) is 8.21. The molecule has 15 heteroatoms. The molecule has 3 aliphatic heterocycles. The molecule has 0 unspecified atom stereocenters. The van der Waals surface area contributed by atoms with Gasteiger partial charge in [-0.15, -0.1) is 0 Å². The number of nitrogens with one attached hydrogen (secondary N) is 3. The molecule has 322 valence electrons. The molecule has 0 saturated carbocycles. The van der Waals surface area contributed by atoms with E-state index in [0.29, 0.717) is 19.7 Å². The minimum Gasteiger partial charge on any atom is -0.493 e. The minimum atomic E-state index is -0.698. The highest BCUT2D eigenvalue weighted by atomic mass is 16.5. The minimum absolute atomic E-state index is 0.00862. The van der Waals surface area contributed by atoms with Gasteiger partial charge >= 0.3 is 12.1 Å². The molecule has 4 atom stereocenters. The van der Waals surface area contributed by atoms with Gasteiger partial charge < -0.3 is 43.9 Å². The smallest absolute Gasteiger partial charge is 0.407 e. The molecule has 0 bridgehead atoms. The number of nitrogens with zero attached hydrogens (tertiary/aromatic N) is 5. The molecule has 2 saturated heterocycles. The molecule has 61 heavy (non-hydrogen) atoms. The van der Waals surface area contributed by atoms with Crippen LogP contribution in [-0.4, -0.2) is 98.1 Å². The van der Waals surface area contributed by atoms with Gasteiger partial charge in [-0.2, -0.15) is 0 Å². The zero-order valence-corrected chi connectivity index (χ0v) is 35.8. The van der Waals surface area contributed by atoms with Crippen molar-refractivity contribution in [3.63, 3.8) is 0 Å². The molecule has 5 aromatic rings. The molecular formula is C46H56N8O7. The van der Waals surface area contributed by atoms with Crippen LogP contribution in [0.25, 0.3) is 44.7 Å². The van der Waals surface area contributed by atoms with Crippen LogP contribution in [-0.2, 0) is 30.4 Å². The highest BCUT2D eigenvalue weighted by Crippen LogP contribution is 2.41. The van der Waals surface area contributed by atoms with Crippen LogP contribution in [0.3, 0.4) is 0 Å². The maximum atomic E-state index is 13.8. The number of esters is 1. The van der Waals surface area contributed by atoms with E-state index in [1.807, 2.05) is 49.9 Å². The summed E-state index contributed by atoms with van der Waals surface area (Å²) < 4.78 is 18.5. The fraction of sp³-hybridized carbons (Fsp3) is 0.478. The van der Waals surface area contributed by atoms with Crippen LogP contribution in [0.1, 0.15) is 90.0 Å². The Morgan fingerprint density at radius 3 is 2.05 bits per heavy atom. The van der Waals surface area contributed by atoms with Gasteiger partial charge in [0.15, 0.2) is 0 Å². The van der Waals surface area contributed by atoms with Gasteiger partial charge in [0.05, 0.1) is 74.7 Å². The number of hydrogen-bond acceptors (Lipinski definition) is 9. The molecule has 0 aliphatic carbocycles. The average molecular weight is 833 g/mol. The first-order valence-electron chi connectivity index (χ1n) is 21.5. The van der Waals surface area contributed by atoms with Crippen LogP contribution in [0.2, 0.25) is 0 Å². The van der Waals surface area contributed by atoms with E-state index in [1.165, 1.54) is 14.2 Å². The van der Waals surface area contributed by atoms with Gasteiger partial charge in [-0.3, -0.25) is 14.4 Å². The first-order valence-corrected chi connectivity index (χ1v) is 21.5. The summed E-state index contributed by atoms with van der Waals surface area (Å²) in [5.74, 6) is 1.10. The summed E-state index contributed by atoms with van der Waals surface area (Å²) in [5.41, 5.74) is 6.81.